The summed E-state index contributed by atoms with van der Waals surface area (Å²) >= 11 is 1.78. The summed E-state index contributed by atoms with van der Waals surface area (Å²) in [6.07, 6.45) is 2.11. The number of carboxylic acids is 2. The minimum absolute atomic E-state index is 0.345. The van der Waals surface area contributed by atoms with Crippen LogP contribution in [0.25, 0.3) is 0 Å². The summed E-state index contributed by atoms with van der Waals surface area (Å²) in [5, 5.41) is 24.8. The van der Waals surface area contributed by atoms with E-state index in [1.165, 1.54) is 10.5 Å². The van der Waals surface area contributed by atoms with Crippen LogP contribution in [0, 0.1) is 0 Å². The van der Waals surface area contributed by atoms with Crippen LogP contribution in [0.3, 0.4) is 0 Å². The fourth-order valence-corrected chi connectivity index (χ4v) is 3.56. The zero-order valence-electron chi connectivity index (χ0n) is 17.7. The van der Waals surface area contributed by atoms with Gasteiger partial charge in [0.1, 0.15) is 11.5 Å². The molecule has 0 bridgehead atoms. The summed E-state index contributed by atoms with van der Waals surface area (Å²) in [4.78, 5) is 24.4. The number of piperazine rings is 1. The number of hydrogen-bond acceptors (Lipinski definition) is 7. The molecule has 3 N–H and O–H groups in total. The van der Waals surface area contributed by atoms with Crippen LogP contribution in [0.1, 0.15) is 11.1 Å². The predicted molar refractivity (Wildman–Crippen MR) is 119 cm³/mol. The molecule has 1 saturated heterocycles. The normalized spacial score (nSPS) is 14.4. The Morgan fingerprint density at radius 2 is 1.48 bits per heavy atom. The average Bonchev–Trinajstić information content (AvgIpc) is 2.77. The number of aromatic hydroxyl groups is 1. The lowest BCUT2D eigenvalue weighted by molar-refractivity contribution is -0.159. The van der Waals surface area contributed by atoms with E-state index in [1.807, 2.05) is 6.07 Å². The number of benzene rings is 2. The molecule has 1 heterocycles. The number of thioether (sulfide) groups is 1. The van der Waals surface area contributed by atoms with Crippen LogP contribution in [0.2, 0.25) is 0 Å². The fraction of sp³-hybridized carbons (Fsp3) is 0.364. The van der Waals surface area contributed by atoms with Gasteiger partial charge in [-0.15, -0.1) is 11.8 Å². The number of methoxy groups -OCH3 is 1. The van der Waals surface area contributed by atoms with Crippen molar-refractivity contribution in [2.45, 2.75) is 18.0 Å². The first kappa shape index (κ1) is 24.5. The van der Waals surface area contributed by atoms with Crippen molar-refractivity contribution in [3.05, 3.63) is 53.6 Å². The Labute approximate surface area is 186 Å². The molecule has 0 unspecified atom stereocenters. The maximum Gasteiger partial charge on any atom is 0.414 e. The molecule has 0 aromatic heterocycles. The molecule has 2 aromatic carbocycles. The molecule has 0 saturated carbocycles. The zero-order valence-corrected chi connectivity index (χ0v) is 18.5. The number of nitrogens with zero attached hydrogens (tertiary/aromatic N) is 2. The molecule has 1 aliphatic heterocycles. The van der Waals surface area contributed by atoms with E-state index in [9.17, 15) is 5.11 Å². The Morgan fingerprint density at radius 3 is 1.97 bits per heavy atom. The third-order valence-electron chi connectivity index (χ3n) is 4.89. The number of rotatable bonds is 6. The van der Waals surface area contributed by atoms with Crippen molar-refractivity contribution in [2.24, 2.45) is 0 Å². The quantitative estimate of drug-likeness (QED) is 0.454. The third-order valence-corrected chi connectivity index (χ3v) is 5.64. The number of carboxylic acid groups (broad SMARTS) is 2. The molecule has 0 atom stereocenters. The first-order chi connectivity index (χ1) is 14.8. The molecule has 2 aromatic rings. The molecule has 1 aliphatic rings. The zero-order chi connectivity index (χ0) is 22.8. The van der Waals surface area contributed by atoms with Crippen LogP contribution in [0.5, 0.6) is 11.5 Å². The van der Waals surface area contributed by atoms with Gasteiger partial charge >= 0.3 is 11.9 Å². The monoisotopic (exact) mass is 448 g/mol. The minimum Gasteiger partial charge on any atom is -0.508 e. The second-order valence-electron chi connectivity index (χ2n) is 7.01. The number of ether oxygens (including phenoxy) is 1. The molecule has 3 rings (SSSR count). The van der Waals surface area contributed by atoms with Gasteiger partial charge in [-0.05, 0) is 42.2 Å². The summed E-state index contributed by atoms with van der Waals surface area (Å²) in [5.74, 6) is -2.51. The molecule has 0 amide bonds. The van der Waals surface area contributed by atoms with Crippen molar-refractivity contribution in [3.63, 3.8) is 0 Å². The van der Waals surface area contributed by atoms with Crippen LogP contribution in [0.15, 0.2) is 47.4 Å². The lowest BCUT2D eigenvalue weighted by Gasteiger charge is -2.34. The van der Waals surface area contributed by atoms with Crippen LogP contribution < -0.4 is 4.74 Å². The van der Waals surface area contributed by atoms with E-state index in [0.717, 1.165) is 50.6 Å². The maximum absolute atomic E-state index is 10.1. The molecular formula is C22H28N2O6S. The summed E-state index contributed by atoms with van der Waals surface area (Å²) < 4.78 is 5.26. The average molecular weight is 449 g/mol. The number of hydrogen-bond donors (Lipinski definition) is 3. The van der Waals surface area contributed by atoms with Crippen LogP contribution in [-0.4, -0.2) is 76.6 Å². The van der Waals surface area contributed by atoms with Gasteiger partial charge in [0.05, 0.1) is 7.11 Å². The van der Waals surface area contributed by atoms with Crippen LogP contribution in [0.4, 0.5) is 0 Å². The molecule has 8 nitrogen and oxygen atoms in total. The standard InChI is InChI=1S/C20H26N2O2S.C2H2O4/c1-24-18-5-8-20(23)17(13-18)15-22-11-9-21(10-12-22)14-16-3-6-19(25-2)7-4-16;3-1(4)2(5)6/h3-8,13,23H,9-12,14-15H2,1-2H3;(H,3,4)(H,5,6). The number of phenolic OH excluding ortho intramolecular Hbond substituents is 1. The van der Waals surface area contributed by atoms with Crippen molar-refractivity contribution in [1.29, 1.82) is 0 Å². The van der Waals surface area contributed by atoms with Crippen LogP contribution >= 0.6 is 11.8 Å². The van der Waals surface area contributed by atoms with E-state index in [0.29, 0.717) is 5.75 Å². The largest absolute Gasteiger partial charge is 0.508 e. The molecule has 31 heavy (non-hydrogen) atoms. The molecule has 168 valence electrons. The topological polar surface area (TPSA) is 111 Å². The summed E-state index contributed by atoms with van der Waals surface area (Å²) in [5.41, 5.74) is 2.30. The molecule has 0 spiro atoms. The maximum atomic E-state index is 10.1. The highest BCUT2D eigenvalue weighted by Crippen LogP contribution is 2.25. The number of aliphatic carboxylic acids is 2. The fourth-order valence-electron chi connectivity index (χ4n) is 3.15. The molecule has 1 fully saturated rings. The van der Waals surface area contributed by atoms with Gasteiger partial charge in [-0.25, -0.2) is 9.59 Å². The van der Waals surface area contributed by atoms with E-state index in [1.54, 1.807) is 31.0 Å². The first-order valence-corrected chi connectivity index (χ1v) is 10.9. The predicted octanol–water partition coefficient (Wildman–Crippen LogP) is 2.60. The third kappa shape index (κ3) is 8.12. The highest BCUT2D eigenvalue weighted by atomic mass is 32.2. The highest BCUT2D eigenvalue weighted by molar-refractivity contribution is 7.98. The minimum atomic E-state index is -1.82. The second kappa shape index (κ2) is 12.2. The molecular weight excluding hydrogens is 420 g/mol. The Balaban J connectivity index is 0.000000501. The number of carbonyl (C=O) groups is 2. The second-order valence-corrected chi connectivity index (χ2v) is 7.88. The molecule has 0 aliphatic carbocycles. The van der Waals surface area contributed by atoms with E-state index < -0.39 is 11.9 Å². The SMILES string of the molecule is COc1ccc(O)c(CN2CCN(Cc3ccc(SC)cc3)CC2)c1.O=C(O)C(=O)O. The van der Waals surface area contributed by atoms with Crippen molar-refractivity contribution in [3.8, 4) is 11.5 Å². The van der Waals surface area contributed by atoms with Crippen molar-refractivity contribution in [2.75, 3.05) is 39.5 Å². The van der Waals surface area contributed by atoms with Gasteiger partial charge in [-0.2, -0.15) is 0 Å². The van der Waals surface area contributed by atoms with Gasteiger partial charge in [0, 0.05) is 49.7 Å². The lowest BCUT2D eigenvalue weighted by Crippen LogP contribution is -2.45. The van der Waals surface area contributed by atoms with Gasteiger partial charge in [0.15, 0.2) is 0 Å². The smallest absolute Gasteiger partial charge is 0.414 e. The van der Waals surface area contributed by atoms with E-state index >= 15 is 0 Å². The Hall–Kier alpha value is -2.75. The Bertz CT molecular complexity index is 855. The number of phenols is 1. The van der Waals surface area contributed by atoms with Gasteiger partial charge in [0.2, 0.25) is 0 Å². The van der Waals surface area contributed by atoms with E-state index in [-0.39, 0.29) is 0 Å². The first-order valence-electron chi connectivity index (χ1n) is 9.72. The molecule has 0 radical (unpaired) electrons. The Morgan fingerprint density at radius 1 is 0.935 bits per heavy atom. The van der Waals surface area contributed by atoms with Gasteiger partial charge < -0.3 is 20.1 Å². The van der Waals surface area contributed by atoms with Gasteiger partial charge in [-0.1, -0.05) is 12.1 Å². The van der Waals surface area contributed by atoms with Gasteiger partial charge in [-0.3, -0.25) is 9.80 Å². The van der Waals surface area contributed by atoms with Gasteiger partial charge in [0.25, 0.3) is 0 Å². The molecule has 9 heteroatoms. The summed E-state index contributed by atoms with van der Waals surface area (Å²) in [6, 6.07) is 14.3. The van der Waals surface area contributed by atoms with Crippen molar-refractivity contribution >= 4 is 23.7 Å². The summed E-state index contributed by atoms with van der Waals surface area (Å²) in [6.45, 7) is 5.90. The summed E-state index contributed by atoms with van der Waals surface area (Å²) in [7, 11) is 1.65. The lowest BCUT2D eigenvalue weighted by atomic mass is 10.1. The van der Waals surface area contributed by atoms with E-state index in [2.05, 4.69) is 40.3 Å². The van der Waals surface area contributed by atoms with Crippen molar-refractivity contribution in [1.82, 2.24) is 9.80 Å². The van der Waals surface area contributed by atoms with Crippen molar-refractivity contribution < 1.29 is 29.6 Å². The van der Waals surface area contributed by atoms with E-state index in [4.69, 9.17) is 24.5 Å². The Kier molecular flexibility index (Phi) is 9.64. The van der Waals surface area contributed by atoms with Crippen LogP contribution in [-0.2, 0) is 22.7 Å². The highest BCUT2D eigenvalue weighted by Gasteiger charge is 2.18.